The number of carbonyl (C=O) groups is 1. The molecule has 0 aromatic heterocycles. The van der Waals surface area contributed by atoms with Gasteiger partial charge in [-0.05, 0) is 24.9 Å². The summed E-state index contributed by atoms with van der Waals surface area (Å²) in [5, 5.41) is 3.52. The van der Waals surface area contributed by atoms with Crippen LogP contribution in [0, 0.1) is 0 Å². The van der Waals surface area contributed by atoms with Crippen LogP contribution in [-0.2, 0) is 4.79 Å². The highest BCUT2D eigenvalue weighted by molar-refractivity contribution is 5.78. The molecule has 0 bridgehead atoms. The number of piperazine rings is 1. The van der Waals surface area contributed by atoms with E-state index in [1.807, 2.05) is 4.90 Å². The lowest BCUT2D eigenvalue weighted by molar-refractivity contribution is -0.130. The van der Waals surface area contributed by atoms with Crippen LogP contribution in [0.25, 0.3) is 10.4 Å². The van der Waals surface area contributed by atoms with Crippen molar-refractivity contribution in [3.05, 3.63) is 10.4 Å². The first-order valence-electron chi connectivity index (χ1n) is 5.84. The molecule has 0 aromatic carbocycles. The molecule has 1 amide bonds. The standard InChI is InChI=1S/C10H17N5O/c11-13-12-4-1-5-14-6-7-15-9(8-14)2-3-10(15)16/h9H,1-8H2. The summed E-state index contributed by atoms with van der Waals surface area (Å²) >= 11 is 0. The zero-order chi connectivity index (χ0) is 11.4. The molecule has 2 heterocycles. The van der Waals surface area contributed by atoms with Crippen LogP contribution in [0.4, 0.5) is 0 Å². The van der Waals surface area contributed by atoms with Crippen molar-refractivity contribution in [1.82, 2.24) is 9.80 Å². The van der Waals surface area contributed by atoms with Gasteiger partial charge < -0.3 is 4.90 Å². The number of fused-ring (bicyclic) bond motifs is 1. The molecule has 0 N–H and O–H groups in total. The smallest absolute Gasteiger partial charge is 0.222 e. The molecule has 88 valence electrons. The summed E-state index contributed by atoms with van der Waals surface area (Å²) < 4.78 is 0. The van der Waals surface area contributed by atoms with Crippen LogP contribution >= 0.6 is 0 Å². The van der Waals surface area contributed by atoms with E-state index in [0.29, 0.717) is 18.5 Å². The zero-order valence-corrected chi connectivity index (χ0v) is 9.38. The predicted octanol–water partition coefficient (Wildman–Crippen LogP) is 0.993. The van der Waals surface area contributed by atoms with E-state index >= 15 is 0 Å². The average molecular weight is 223 g/mol. The second-order valence-electron chi connectivity index (χ2n) is 4.39. The molecule has 2 saturated heterocycles. The van der Waals surface area contributed by atoms with E-state index in [-0.39, 0.29) is 0 Å². The maximum absolute atomic E-state index is 11.5. The summed E-state index contributed by atoms with van der Waals surface area (Å²) in [6.45, 7) is 4.35. The van der Waals surface area contributed by atoms with Crippen LogP contribution < -0.4 is 0 Å². The first-order chi connectivity index (χ1) is 7.81. The Bertz CT molecular complexity index is 312. The van der Waals surface area contributed by atoms with Gasteiger partial charge in [-0.25, -0.2) is 0 Å². The van der Waals surface area contributed by atoms with E-state index in [1.54, 1.807) is 0 Å². The molecule has 0 spiro atoms. The van der Waals surface area contributed by atoms with Crippen LogP contribution in [0.5, 0.6) is 0 Å². The van der Waals surface area contributed by atoms with Crippen molar-refractivity contribution in [2.45, 2.75) is 25.3 Å². The lowest BCUT2D eigenvalue weighted by Gasteiger charge is -2.37. The molecular weight excluding hydrogens is 206 g/mol. The van der Waals surface area contributed by atoms with Crippen LogP contribution in [0.2, 0.25) is 0 Å². The van der Waals surface area contributed by atoms with Gasteiger partial charge in [-0.3, -0.25) is 9.69 Å². The van der Waals surface area contributed by atoms with E-state index in [1.165, 1.54) is 0 Å². The minimum Gasteiger partial charge on any atom is -0.337 e. The van der Waals surface area contributed by atoms with Crippen LogP contribution in [0.15, 0.2) is 5.11 Å². The first kappa shape index (κ1) is 11.2. The van der Waals surface area contributed by atoms with Gasteiger partial charge in [0.1, 0.15) is 0 Å². The molecule has 16 heavy (non-hydrogen) atoms. The molecule has 0 radical (unpaired) electrons. The molecular formula is C10H17N5O. The normalized spacial score (nSPS) is 25.4. The molecule has 0 aromatic rings. The van der Waals surface area contributed by atoms with Gasteiger partial charge in [0.25, 0.3) is 0 Å². The van der Waals surface area contributed by atoms with Gasteiger partial charge in [-0.1, -0.05) is 5.11 Å². The number of hydrogen-bond acceptors (Lipinski definition) is 3. The monoisotopic (exact) mass is 223 g/mol. The molecule has 2 aliphatic heterocycles. The number of nitrogens with zero attached hydrogens (tertiary/aromatic N) is 5. The lowest BCUT2D eigenvalue weighted by atomic mass is 10.1. The Morgan fingerprint density at radius 2 is 2.38 bits per heavy atom. The second kappa shape index (κ2) is 5.18. The van der Waals surface area contributed by atoms with Crippen LogP contribution in [0.3, 0.4) is 0 Å². The molecule has 2 aliphatic rings. The van der Waals surface area contributed by atoms with E-state index in [4.69, 9.17) is 5.53 Å². The quantitative estimate of drug-likeness (QED) is 0.308. The lowest BCUT2D eigenvalue weighted by Crippen LogP contribution is -2.51. The summed E-state index contributed by atoms with van der Waals surface area (Å²) in [6.07, 6.45) is 2.63. The van der Waals surface area contributed by atoms with Gasteiger partial charge in [0.05, 0.1) is 0 Å². The maximum Gasteiger partial charge on any atom is 0.222 e. The van der Waals surface area contributed by atoms with E-state index < -0.39 is 0 Å². The highest BCUT2D eigenvalue weighted by Gasteiger charge is 2.34. The Morgan fingerprint density at radius 1 is 1.50 bits per heavy atom. The van der Waals surface area contributed by atoms with Crippen molar-refractivity contribution < 1.29 is 4.79 Å². The summed E-state index contributed by atoms with van der Waals surface area (Å²) in [5.74, 6) is 0.318. The van der Waals surface area contributed by atoms with Crippen molar-refractivity contribution >= 4 is 5.91 Å². The third-order valence-electron chi connectivity index (χ3n) is 3.37. The fraction of sp³-hybridized carbons (Fsp3) is 0.900. The highest BCUT2D eigenvalue weighted by atomic mass is 16.2. The van der Waals surface area contributed by atoms with Gasteiger partial charge in [-0.2, -0.15) is 0 Å². The fourth-order valence-corrected chi connectivity index (χ4v) is 2.54. The molecule has 6 nitrogen and oxygen atoms in total. The Kier molecular flexibility index (Phi) is 3.64. The Labute approximate surface area is 94.8 Å². The zero-order valence-electron chi connectivity index (χ0n) is 9.38. The minimum atomic E-state index is 0.318. The van der Waals surface area contributed by atoms with Crippen molar-refractivity contribution in [1.29, 1.82) is 0 Å². The van der Waals surface area contributed by atoms with Gasteiger partial charge >= 0.3 is 0 Å². The van der Waals surface area contributed by atoms with Gasteiger partial charge in [0.2, 0.25) is 5.91 Å². The van der Waals surface area contributed by atoms with E-state index in [9.17, 15) is 4.79 Å². The third kappa shape index (κ3) is 2.46. The molecule has 6 heteroatoms. The Balaban J connectivity index is 1.74. The largest absolute Gasteiger partial charge is 0.337 e. The van der Waals surface area contributed by atoms with E-state index in [0.717, 1.165) is 45.4 Å². The number of hydrogen-bond donors (Lipinski definition) is 0. The van der Waals surface area contributed by atoms with Crippen LogP contribution in [0.1, 0.15) is 19.3 Å². The number of carbonyl (C=O) groups excluding carboxylic acids is 1. The molecule has 0 aliphatic carbocycles. The average Bonchev–Trinajstić information content (AvgIpc) is 2.66. The molecule has 1 atom stereocenters. The Morgan fingerprint density at radius 3 is 3.19 bits per heavy atom. The van der Waals surface area contributed by atoms with Crippen molar-refractivity contribution in [3.8, 4) is 0 Å². The second-order valence-corrected chi connectivity index (χ2v) is 4.39. The topological polar surface area (TPSA) is 72.3 Å². The Hall–Kier alpha value is -1.26. The highest BCUT2D eigenvalue weighted by Crippen LogP contribution is 2.22. The maximum atomic E-state index is 11.5. The van der Waals surface area contributed by atoms with Crippen molar-refractivity contribution in [3.63, 3.8) is 0 Å². The van der Waals surface area contributed by atoms with E-state index in [2.05, 4.69) is 14.9 Å². The van der Waals surface area contributed by atoms with Crippen LogP contribution in [-0.4, -0.2) is 54.5 Å². The number of azide groups is 1. The minimum absolute atomic E-state index is 0.318. The summed E-state index contributed by atoms with van der Waals surface area (Å²) in [7, 11) is 0. The summed E-state index contributed by atoms with van der Waals surface area (Å²) in [6, 6.07) is 0.431. The molecule has 2 fully saturated rings. The molecule has 2 rings (SSSR count). The molecule has 1 unspecified atom stereocenters. The predicted molar refractivity (Wildman–Crippen MR) is 59.8 cm³/mol. The SMILES string of the molecule is [N-]=[N+]=NCCCN1CCN2C(=O)CCC2C1. The van der Waals surface area contributed by atoms with Crippen molar-refractivity contribution in [2.24, 2.45) is 5.11 Å². The van der Waals surface area contributed by atoms with Gasteiger partial charge in [0, 0.05) is 43.6 Å². The summed E-state index contributed by atoms with van der Waals surface area (Å²) in [4.78, 5) is 18.6. The summed E-state index contributed by atoms with van der Waals surface area (Å²) in [5.41, 5.74) is 8.16. The first-order valence-corrected chi connectivity index (χ1v) is 5.84. The molecule has 0 saturated carbocycles. The van der Waals surface area contributed by atoms with Crippen molar-refractivity contribution in [2.75, 3.05) is 32.7 Å². The van der Waals surface area contributed by atoms with Gasteiger partial charge in [-0.15, -0.1) is 0 Å². The number of rotatable bonds is 4. The van der Waals surface area contributed by atoms with Gasteiger partial charge in [0.15, 0.2) is 0 Å². The fourth-order valence-electron chi connectivity index (χ4n) is 2.54. The third-order valence-corrected chi connectivity index (χ3v) is 3.37. The number of amides is 1.